The van der Waals surface area contributed by atoms with Crippen LogP contribution in [-0.4, -0.2) is 22.8 Å². The Hall–Kier alpha value is -2.30. The molecule has 1 aliphatic carbocycles. The Balaban J connectivity index is 1.76. The summed E-state index contributed by atoms with van der Waals surface area (Å²) in [5, 5.41) is 7.29. The van der Waals surface area contributed by atoms with Gasteiger partial charge in [0.1, 0.15) is 0 Å². The normalized spacial score (nSPS) is 15.8. The van der Waals surface area contributed by atoms with Crippen LogP contribution in [0.3, 0.4) is 0 Å². The van der Waals surface area contributed by atoms with E-state index in [4.69, 9.17) is 4.74 Å². The van der Waals surface area contributed by atoms with Crippen LogP contribution in [0.2, 0.25) is 0 Å². The van der Waals surface area contributed by atoms with Gasteiger partial charge < -0.3 is 10.1 Å². The molecule has 1 aromatic carbocycles. The molecule has 1 saturated carbocycles. The molecule has 0 radical (unpaired) electrons. The third kappa shape index (κ3) is 2.83. The minimum Gasteiger partial charge on any atom is -0.480 e. The summed E-state index contributed by atoms with van der Waals surface area (Å²) in [5.41, 5.74) is 2.83. The van der Waals surface area contributed by atoms with Gasteiger partial charge in [-0.2, -0.15) is 0 Å². The van der Waals surface area contributed by atoms with E-state index in [1.54, 1.807) is 11.8 Å². The van der Waals surface area contributed by atoms with Crippen LogP contribution in [-0.2, 0) is 23.8 Å². The molecule has 1 aliphatic rings. The summed E-state index contributed by atoms with van der Waals surface area (Å²) in [7, 11) is 3.43. The lowest BCUT2D eigenvalue weighted by Gasteiger charge is -2.41. The standard InChI is InChI=1S/C18H23N3O2/c1-13-6-4-7-15(10-13)18(8-5-9-18)17(22)19-11-14-12-21(2)20-16(14)23-3/h4,6-7,10,12H,5,8-9,11H2,1-3H3,(H,19,22). The van der Waals surface area contributed by atoms with Crippen LogP contribution in [0, 0.1) is 6.92 Å². The third-order valence-electron chi connectivity index (χ3n) is 4.71. The number of benzene rings is 1. The van der Waals surface area contributed by atoms with E-state index in [-0.39, 0.29) is 11.3 Å². The topological polar surface area (TPSA) is 56.1 Å². The van der Waals surface area contributed by atoms with Crippen molar-refractivity contribution in [3.63, 3.8) is 0 Å². The maximum absolute atomic E-state index is 12.9. The molecule has 1 heterocycles. The molecule has 0 atom stereocenters. The largest absolute Gasteiger partial charge is 0.480 e. The number of nitrogens with zero attached hydrogens (tertiary/aromatic N) is 2. The molecule has 1 aromatic heterocycles. The fraction of sp³-hybridized carbons (Fsp3) is 0.444. The Morgan fingerprint density at radius 2 is 2.22 bits per heavy atom. The van der Waals surface area contributed by atoms with Gasteiger partial charge in [0, 0.05) is 19.8 Å². The lowest BCUT2D eigenvalue weighted by molar-refractivity contribution is -0.130. The van der Waals surface area contributed by atoms with Crippen molar-refractivity contribution < 1.29 is 9.53 Å². The van der Waals surface area contributed by atoms with Crippen molar-refractivity contribution >= 4 is 5.91 Å². The predicted molar refractivity (Wildman–Crippen MR) is 88.3 cm³/mol. The molecular formula is C18H23N3O2. The highest BCUT2D eigenvalue weighted by molar-refractivity contribution is 5.89. The van der Waals surface area contributed by atoms with Gasteiger partial charge in [-0.1, -0.05) is 36.2 Å². The molecule has 1 N–H and O–H groups in total. The number of hydrogen-bond acceptors (Lipinski definition) is 3. The summed E-state index contributed by atoms with van der Waals surface area (Å²) >= 11 is 0. The first-order valence-corrected chi connectivity index (χ1v) is 7.97. The molecule has 0 aliphatic heterocycles. The number of nitrogens with one attached hydrogen (secondary N) is 1. The van der Waals surface area contributed by atoms with Crippen molar-refractivity contribution in [3.8, 4) is 5.88 Å². The number of amides is 1. The molecule has 0 spiro atoms. The van der Waals surface area contributed by atoms with Crippen LogP contribution in [0.15, 0.2) is 30.5 Å². The molecule has 1 fully saturated rings. The van der Waals surface area contributed by atoms with Gasteiger partial charge in [0.25, 0.3) is 0 Å². The predicted octanol–water partition coefficient (Wildman–Crippen LogP) is 2.48. The van der Waals surface area contributed by atoms with E-state index in [0.29, 0.717) is 12.4 Å². The molecule has 1 amide bonds. The van der Waals surface area contributed by atoms with Gasteiger partial charge in [0.2, 0.25) is 11.8 Å². The zero-order valence-electron chi connectivity index (χ0n) is 13.9. The Bertz CT molecular complexity index is 717. The summed E-state index contributed by atoms with van der Waals surface area (Å²) in [6.45, 7) is 2.50. The van der Waals surface area contributed by atoms with E-state index in [0.717, 1.165) is 30.4 Å². The Morgan fingerprint density at radius 1 is 1.43 bits per heavy atom. The highest BCUT2D eigenvalue weighted by Crippen LogP contribution is 2.44. The third-order valence-corrected chi connectivity index (χ3v) is 4.71. The van der Waals surface area contributed by atoms with Crippen LogP contribution >= 0.6 is 0 Å². The summed E-state index contributed by atoms with van der Waals surface area (Å²) in [5.74, 6) is 0.659. The first kappa shape index (κ1) is 15.6. The molecule has 5 heteroatoms. The van der Waals surface area contributed by atoms with Gasteiger partial charge in [-0.3, -0.25) is 9.48 Å². The van der Waals surface area contributed by atoms with Crippen molar-refractivity contribution in [2.75, 3.05) is 7.11 Å². The van der Waals surface area contributed by atoms with E-state index in [9.17, 15) is 4.79 Å². The number of carbonyl (C=O) groups is 1. The number of aromatic nitrogens is 2. The van der Waals surface area contributed by atoms with Gasteiger partial charge in [-0.15, -0.1) is 5.10 Å². The Morgan fingerprint density at radius 3 is 2.83 bits per heavy atom. The highest BCUT2D eigenvalue weighted by Gasteiger charge is 2.45. The fourth-order valence-corrected chi connectivity index (χ4v) is 3.27. The van der Waals surface area contributed by atoms with E-state index >= 15 is 0 Å². The lowest BCUT2D eigenvalue weighted by atomic mass is 9.63. The Labute approximate surface area is 136 Å². The van der Waals surface area contributed by atoms with E-state index in [2.05, 4.69) is 35.5 Å². The van der Waals surface area contributed by atoms with Gasteiger partial charge in [0.05, 0.1) is 18.1 Å². The molecule has 5 nitrogen and oxygen atoms in total. The number of carbonyl (C=O) groups excluding carboxylic acids is 1. The molecule has 122 valence electrons. The van der Waals surface area contributed by atoms with Crippen LogP contribution in [0.1, 0.15) is 36.0 Å². The number of hydrogen-bond donors (Lipinski definition) is 1. The van der Waals surface area contributed by atoms with E-state index in [1.807, 2.05) is 19.3 Å². The highest BCUT2D eigenvalue weighted by atomic mass is 16.5. The second-order valence-electron chi connectivity index (χ2n) is 6.33. The monoisotopic (exact) mass is 313 g/mol. The number of ether oxygens (including phenoxy) is 1. The van der Waals surface area contributed by atoms with Crippen LogP contribution in [0.5, 0.6) is 5.88 Å². The van der Waals surface area contributed by atoms with Crippen molar-refractivity contribution in [3.05, 3.63) is 47.2 Å². The summed E-state index contributed by atoms with van der Waals surface area (Å²) in [6.07, 6.45) is 4.79. The quantitative estimate of drug-likeness (QED) is 0.922. The van der Waals surface area contributed by atoms with Gasteiger partial charge >= 0.3 is 0 Å². The fourth-order valence-electron chi connectivity index (χ4n) is 3.27. The second kappa shape index (κ2) is 6.07. The van der Waals surface area contributed by atoms with Crippen LogP contribution in [0.25, 0.3) is 0 Å². The van der Waals surface area contributed by atoms with Crippen molar-refractivity contribution in [2.24, 2.45) is 7.05 Å². The smallest absolute Gasteiger partial charge is 0.237 e. The van der Waals surface area contributed by atoms with E-state index in [1.165, 1.54) is 5.56 Å². The zero-order chi connectivity index (χ0) is 16.4. The zero-order valence-corrected chi connectivity index (χ0v) is 13.9. The van der Waals surface area contributed by atoms with Crippen molar-refractivity contribution in [1.82, 2.24) is 15.1 Å². The lowest BCUT2D eigenvalue weighted by Crippen LogP contribution is -2.49. The second-order valence-corrected chi connectivity index (χ2v) is 6.33. The average Bonchev–Trinajstić information content (AvgIpc) is 2.84. The number of aryl methyl sites for hydroxylation is 2. The maximum Gasteiger partial charge on any atom is 0.237 e. The molecule has 0 unspecified atom stereocenters. The summed E-state index contributed by atoms with van der Waals surface area (Å²) in [6, 6.07) is 8.29. The SMILES string of the molecule is COc1nn(C)cc1CNC(=O)C1(c2cccc(C)c2)CCC1. The Kier molecular flexibility index (Phi) is 4.11. The van der Waals surface area contributed by atoms with Crippen molar-refractivity contribution in [2.45, 2.75) is 38.1 Å². The average molecular weight is 313 g/mol. The number of rotatable bonds is 5. The van der Waals surface area contributed by atoms with Gasteiger partial charge in [-0.05, 0) is 25.3 Å². The summed E-state index contributed by atoms with van der Waals surface area (Å²) in [4.78, 5) is 12.9. The maximum atomic E-state index is 12.9. The molecular weight excluding hydrogens is 290 g/mol. The van der Waals surface area contributed by atoms with Gasteiger partial charge in [0.15, 0.2) is 0 Å². The summed E-state index contributed by atoms with van der Waals surface area (Å²) < 4.78 is 6.94. The molecule has 2 aromatic rings. The minimum atomic E-state index is -0.374. The molecule has 3 rings (SSSR count). The van der Waals surface area contributed by atoms with Crippen molar-refractivity contribution in [1.29, 1.82) is 0 Å². The number of methoxy groups -OCH3 is 1. The molecule has 0 saturated heterocycles. The van der Waals surface area contributed by atoms with E-state index < -0.39 is 0 Å². The van der Waals surface area contributed by atoms with Crippen LogP contribution < -0.4 is 10.1 Å². The first-order valence-electron chi connectivity index (χ1n) is 7.97. The minimum absolute atomic E-state index is 0.0975. The first-order chi connectivity index (χ1) is 11.0. The molecule has 0 bridgehead atoms. The molecule has 23 heavy (non-hydrogen) atoms. The van der Waals surface area contributed by atoms with Crippen LogP contribution in [0.4, 0.5) is 0 Å². The van der Waals surface area contributed by atoms with Gasteiger partial charge in [-0.25, -0.2) is 0 Å².